The van der Waals surface area contributed by atoms with E-state index in [1.807, 2.05) is 7.05 Å². The van der Waals surface area contributed by atoms with Crippen molar-refractivity contribution >= 4 is 0 Å². The lowest BCUT2D eigenvalue weighted by atomic mass is 9.93. The highest BCUT2D eigenvalue weighted by Gasteiger charge is 2.22. The second-order valence-electron chi connectivity index (χ2n) is 5.02. The van der Waals surface area contributed by atoms with Crippen molar-refractivity contribution < 1.29 is 0 Å². The smallest absolute Gasteiger partial charge is 0.0518 e. The van der Waals surface area contributed by atoms with Crippen LogP contribution in [0.3, 0.4) is 0 Å². The summed E-state index contributed by atoms with van der Waals surface area (Å²) in [5, 5.41) is 7.14. The Morgan fingerprint density at radius 2 is 1.30 bits per heavy atom. The molecule has 0 saturated carbocycles. The molecule has 0 radical (unpaired) electrons. The predicted octanol–water partition coefficient (Wildman–Crippen LogP) is 3.69. The van der Waals surface area contributed by atoms with Gasteiger partial charge in [0.2, 0.25) is 0 Å². The highest BCUT2D eigenvalue weighted by molar-refractivity contribution is 5.27. The molecule has 106 valence electrons. The summed E-state index contributed by atoms with van der Waals surface area (Å²) in [4.78, 5) is 0. The molecule has 0 fully saturated rings. The summed E-state index contributed by atoms with van der Waals surface area (Å²) in [5.74, 6) is 0. The Labute approximate surface area is 122 Å². The van der Waals surface area contributed by atoms with Crippen molar-refractivity contribution in [2.45, 2.75) is 25.4 Å². The van der Waals surface area contributed by atoms with Crippen LogP contribution in [0.15, 0.2) is 60.7 Å². The predicted molar refractivity (Wildman–Crippen MR) is 85.7 cm³/mol. The summed E-state index contributed by atoms with van der Waals surface area (Å²) in [7, 11) is 2.03. The molecule has 0 aliphatic carbocycles. The first kappa shape index (κ1) is 14.8. The van der Waals surface area contributed by atoms with Crippen LogP contribution in [0.2, 0.25) is 0 Å². The first-order valence-corrected chi connectivity index (χ1v) is 7.37. The van der Waals surface area contributed by atoms with E-state index in [4.69, 9.17) is 0 Å². The third kappa shape index (κ3) is 3.69. The zero-order chi connectivity index (χ0) is 14.2. The largest absolute Gasteiger partial charge is 0.311 e. The van der Waals surface area contributed by atoms with Gasteiger partial charge in [-0.05, 0) is 31.1 Å². The SMILES string of the molecule is CCCN[C@@H](c1ccccc1)[C@@H](NC)c1ccccc1. The fourth-order valence-electron chi connectivity index (χ4n) is 2.57. The molecule has 20 heavy (non-hydrogen) atoms. The fourth-order valence-corrected chi connectivity index (χ4v) is 2.57. The van der Waals surface area contributed by atoms with E-state index < -0.39 is 0 Å². The molecule has 0 aromatic heterocycles. The fraction of sp³-hybridized carbons (Fsp3) is 0.333. The maximum absolute atomic E-state index is 3.67. The second kappa shape index (κ2) is 7.83. The van der Waals surface area contributed by atoms with Gasteiger partial charge in [-0.2, -0.15) is 0 Å². The van der Waals surface area contributed by atoms with Crippen LogP contribution in [0.1, 0.15) is 36.6 Å². The van der Waals surface area contributed by atoms with Crippen molar-refractivity contribution in [3.05, 3.63) is 71.8 Å². The van der Waals surface area contributed by atoms with Crippen molar-refractivity contribution in [1.82, 2.24) is 10.6 Å². The Morgan fingerprint density at radius 1 is 0.800 bits per heavy atom. The van der Waals surface area contributed by atoms with Crippen molar-refractivity contribution in [3.8, 4) is 0 Å². The van der Waals surface area contributed by atoms with E-state index >= 15 is 0 Å². The van der Waals surface area contributed by atoms with E-state index in [1.54, 1.807) is 0 Å². The maximum atomic E-state index is 3.67. The normalized spacial score (nSPS) is 13.9. The molecule has 2 aromatic rings. The van der Waals surface area contributed by atoms with Crippen LogP contribution in [0.25, 0.3) is 0 Å². The van der Waals surface area contributed by atoms with Crippen LogP contribution in [0.4, 0.5) is 0 Å². The molecular formula is C18H24N2. The van der Waals surface area contributed by atoms with E-state index in [9.17, 15) is 0 Å². The summed E-state index contributed by atoms with van der Waals surface area (Å²) in [6.45, 7) is 3.22. The molecule has 0 saturated heterocycles. The number of likely N-dealkylation sites (N-methyl/N-ethyl adjacent to an activating group) is 1. The van der Waals surface area contributed by atoms with Gasteiger partial charge in [0.1, 0.15) is 0 Å². The monoisotopic (exact) mass is 268 g/mol. The molecule has 0 amide bonds. The molecule has 2 atom stereocenters. The molecule has 0 aliphatic rings. The van der Waals surface area contributed by atoms with E-state index in [1.165, 1.54) is 11.1 Å². The topological polar surface area (TPSA) is 24.1 Å². The highest BCUT2D eigenvalue weighted by Crippen LogP contribution is 2.28. The Balaban J connectivity index is 2.29. The Morgan fingerprint density at radius 3 is 1.75 bits per heavy atom. The molecule has 2 aromatic carbocycles. The minimum Gasteiger partial charge on any atom is -0.311 e. The third-order valence-electron chi connectivity index (χ3n) is 3.58. The molecule has 2 heteroatoms. The van der Waals surface area contributed by atoms with E-state index in [-0.39, 0.29) is 12.1 Å². The minimum absolute atomic E-state index is 0.269. The molecule has 2 N–H and O–H groups in total. The summed E-state index contributed by atoms with van der Waals surface area (Å²) >= 11 is 0. The maximum Gasteiger partial charge on any atom is 0.0518 e. The third-order valence-corrected chi connectivity index (χ3v) is 3.58. The summed E-state index contributed by atoms with van der Waals surface area (Å²) < 4.78 is 0. The van der Waals surface area contributed by atoms with Crippen LogP contribution < -0.4 is 10.6 Å². The number of hydrogen-bond donors (Lipinski definition) is 2. The Bertz CT molecular complexity index is 481. The average molecular weight is 268 g/mol. The van der Waals surface area contributed by atoms with Crippen LogP contribution in [-0.4, -0.2) is 13.6 Å². The van der Waals surface area contributed by atoms with Gasteiger partial charge < -0.3 is 10.6 Å². The van der Waals surface area contributed by atoms with E-state index in [0.717, 1.165) is 13.0 Å². The lowest BCUT2D eigenvalue weighted by molar-refractivity contribution is 0.406. The second-order valence-corrected chi connectivity index (χ2v) is 5.02. The molecule has 0 bridgehead atoms. The molecular weight excluding hydrogens is 244 g/mol. The van der Waals surface area contributed by atoms with Gasteiger partial charge in [0, 0.05) is 0 Å². The number of hydrogen-bond acceptors (Lipinski definition) is 2. The molecule has 2 nitrogen and oxygen atoms in total. The lowest BCUT2D eigenvalue weighted by Crippen LogP contribution is -2.34. The first-order valence-electron chi connectivity index (χ1n) is 7.37. The number of rotatable bonds is 7. The van der Waals surface area contributed by atoms with E-state index in [0.29, 0.717) is 0 Å². The summed E-state index contributed by atoms with van der Waals surface area (Å²) in [6, 6.07) is 21.8. The highest BCUT2D eigenvalue weighted by atomic mass is 15.0. The average Bonchev–Trinajstić information content (AvgIpc) is 2.53. The van der Waals surface area contributed by atoms with Gasteiger partial charge in [-0.1, -0.05) is 67.6 Å². The molecule has 0 aliphatic heterocycles. The van der Waals surface area contributed by atoms with Gasteiger partial charge in [-0.3, -0.25) is 0 Å². The zero-order valence-electron chi connectivity index (χ0n) is 12.3. The quantitative estimate of drug-likeness (QED) is 0.800. The molecule has 0 unspecified atom stereocenters. The lowest BCUT2D eigenvalue weighted by Gasteiger charge is -2.29. The number of benzene rings is 2. The van der Waals surface area contributed by atoms with Crippen LogP contribution in [-0.2, 0) is 0 Å². The standard InChI is InChI=1S/C18H24N2/c1-3-14-20-18(16-12-8-5-9-13-16)17(19-2)15-10-6-4-7-11-15/h4-13,17-20H,3,14H2,1-2H3/t17-,18-/m0/s1. The van der Waals surface area contributed by atoms with Crippen molar-refractivity contribution in [2.75, 3.05) is 13.6 Å². The van der Waals surface area contributed by atoms with E-state index in [2.05, 4.69) is 78.2 Å². The summed E-state index contributed by atoms with van der Waals surface area (Å²) in [6.07, 6.45) is 1.13. The minimum atomic E-state index is 0.269. The van der Waals surface area contributed by atoms with Gasteiger partial charge in [-0.25, -0.2) is 0 Å². The van der Waals surface area contributed by atoms with Crippen LogP contribution in [0.5, 0.6) is 0 Å². The van der Waals surface area contributed by atoms with Crippen LogP contribution in [0, 0.1) is 0 Å². The van der Waals surface area contributed by atoms with Crippen molar-refractivity contribution in [2.24, 2.45) is 0 Å². The molecule has 2 rings (SSSR count). The van der Waals surface area contributed by atoms with Gasteiger partial charge in [0.15, 0.2) is 0 Å². The zero-order valence-corrected chi connectivity index (χ0v) is 12.3. The number of nitrogens with one attached hydrogen (secondary N) is 2. The first-order chi connectivity index (χ1) is 9.86. The van der Waals surface area contributed by atoms with Gasteiger partial charge >= 0.3 is 0 Å². The Hall–Kier alpha value is -1.64. The van der Waals surface area contributed by atoms with Crippen LogP contribution >= 0.6 is 0 Å². The molecule has 0 heterocycles. The van der Waals surface area contributed by atoms with Gasteiger partial charge in [0.25, 0.3) is 0 Å². The molecule has 0 spiro atoms. The Kier molecular flexibility index (Phi) is 5.78. The van der Waals surface area contributed by atoms with Gasteiger partial charge in [0.05, 0.1) is 12.1 Å². The van der Waals surface area contributed by atoms with Crippen molar-refractivity contribution in [1.29, 1.82) is 0 Å². The van der Waals surface area contributed by atoms with Gasteiger partial charge in [-0.15, -0.1) is 0 Å². The van der Waals surface area contributed by atoms with Crippen molar-refractivity contribution in [3.63, 3.8) is 0 Å². The summed E-state index contributed by atoms with van der Waals surface area (Å²) in [5.41, 5.74) is 2.64.